The number of nitrogens with zero attached hydrogens (tertiary/aromatic N) is 2. The zero-order valence-electron chi connectivity index (χ0n) is 16.2. The van der Waals surface area contributed by atoms with E-state index >= 15 is 0 Å². The fourth-order valence-electron chi connectivity index (χ4n) is 3.59. The number of likely N-dealkylation sites (tertiary alicyclic amines) is 1. The molecule has 1 atom stereocenters. The van der Waals surface area contributed by atoms with E-state index in [2.05, 4.69) is 11.0 Å². The number of para-hydroxylation sites is 1. The molecule has 0 aliphatic carbocycles. The van der Waals surface area contributed by atoms with Gasteiger partial charge in [0.05, 0.1) is 19.6 Å². The number of ether oxygens (including phenoxy) is 1. The molecule has 1 fully saturated rings. The minimum atomic E-state index is -0.318. The van der Waals surface area contributed by atoms with Crippen LogP contribution in [-0.4, -0.2) is 48.4 Å². The van der Waals surface area contributed by atoms with E-state index < -0.39 is 0 Å². The Bertz CT molecular complexity index is 794. The van der Waals surface area contributed by atoms with E-state index in [0.29, 0.717) is 32.7 Å². The van der Waals surface area contributed by atoms with Crippen molar-refractivity contribution in [1.82, 2.24) is 9.80 Å². The maximum atomic E-state index is 13.0. The second kappa shape index (κ2) is 9.71. The van der Waals surface area contributed by atoms with Crippen molar-refractivity contribution >= 4 is 23.2 Å². The first-order chi connectivity index (χ1) is 13.6. The molecule has 2 aromatic rings. The predicted molar refractivity (Wildman–Crippen MR) is 110 cm³/mol. The Kier molecular flexibility index (Phi) is 7.06. The summed E-state index contributed by atoms with van der Waals surface area (Å²) in [7, 11) is 1.66. The number of carbonyl (C=O) groups is 2. The first-order valence-corrected chi connectivity index (χ1v) is 10.4. The van der Waals surface area contributed by atoms with Gasteiger partial charge in [-0.05, 0) is 30.4 Å². The van der Waals surface area contributed by atoms with E-state index in [1.807, 2.05) is 35.7 Å². The Morgan fingerprint density at radius 3 is 2.79 bits per heavy atom. The summed E-state index contributed by atoms with van der Waals surface area (Å²) >= 11 is 1.68. The molecule has 2 heterocycles. The summed E-state index contributed by atoms with van der Waals surface area (Å²) in [5, 5.41) is 2.04. The van der Waals surface area contributed by atoms with E-state index in [0.717, 1.165) is 24.2 Å². The van der Waals surface area contributed by atoms with Gasteiger partial charge in [-0.25, -0.2) is 0 Å². The van der Waals surface area contributed by atoms with Crippen LogP contribution in [0.3, 0.4) is 0 Å². The average Bonchev–Trinajstić information content (AvgIpc) is 3.21. The number of piperidine rings is 1. The van der Waals surface area contributed by atoms with Gasteiger partial charge in [0.1, 0.15) is 5.75 Å². The molecule has 0 spiro atoms. The van der Waals surface area contributed by atoms with E-state index in [4.69, 9.17) is 10.5 Å². The Balaban J connectivity index is 1.71. The molecule has 28 heavy (non-hydrogen) atoms. The average molecular weight is 402 g/mol. The molecule has 0 saturated carbocycles. The monoisotopic (exact) mass is 401 g/mol. The standard InChI is InChI=1S/C21H27N3O3S/c1-27-19-9-3-2-6-16(19)12-23(14-18-8-5-11-28-18)15-20(25)24-10-4-7-17(13-24)21(22)26/h2-3,5-6,8-9,11,17H,4,7,10,12-15H2,1H3,(H2,22,26). The van der Waals surface area contributed by atoms with Gasteiger partial charge in [0.2, 0.25) is 11.8 Å². The van der Waals surface area contributed by atoms with Gasteiger partial charge in [0, 0.05) is 36.6 Å². The molecule has 6 nitrogen and oxygen atoms in total. The van der Waals surface area contributed by atoms with Crippen LogP contribution >= 0.6 is 11.3 Å². The third-order valence-corrected chi connectivity index (χ3v) is 5.94. The largest absolute Gasteiger partial charge is 0.496 e. The van der Waals surface area contributed by atoms with Crippen LogP contribution in [0.15, 0.2) is 41.8 Å². The zero-order chi connectivity index (χ0) is 19.9. The molecule has 7 heteroatoms. The molecule has 1 aliphatic heterocycles. The van der Waals surface area contributed by atoms with Crippen molar-refractivity contribution in [3.05, 3.63) is 52.2 Å². The Labute approximate surface area is 169 Å². The van der Waals surface area contributed by atoms with Crippen LogP contribution < -0.4 is 10.5 Å². The lowest BCUT2D eigenvalue weighted by atomic mass is 9.97. The zero-order valence-corrected chi connectivity index (χ0v) is 17.0. The Hall–Kier alpha value is -2.38. The number of methoxy groups -OCH3 is 1. The summed E-state index contributed by atoms with van der Waals surface area (Å²) < 4.78 is 5.47. The van der Waals surface area contributed by atoms with Crippen LogP contribution in [-0.2, 0) is 22.7 Å². The molecule has 3 rings (SSSR count). The first-order valence-electron chi connectivity index (χ1n) is 9.50. The second-order valence-corrected chi connectivity index (χ2v) is 8.15. The number of thiophene rings is 1. The fraction of sp³-hybridized carbons (Fsp3) is 0.429. The van der Waals surface area contributed by atoms with Gasteiger partial charge in [-0.15, -0.1) is 11.3 Å². The van der Waals surface area contributed by atoms with Crippen LogP contribution in [0.5, 0.6) is 5.75 Å². The molecule has 1 aromatic carbocycles. The van der Waals surface area contributed by atoms with E-state index in [1.54, 1.807) is 23.3 Å². The van der Waals surface area contributed by atoms with Gasteiger partial charge in [-0.1, -0.05) is 24.3 Å². The predicted octanol–water partition coefficient (Wildman–Crippen LogP) is 2.48. The van der Waals surface area contributed by atoms with Crippen LogP contribution in [0.1, 0.15) is 23.3 Å². The van der Waals surface area contributed by atoms with Crippen LogP contribution in [0.2, 0.25) is 0 Å². The molecule has 150 valence electrons. The summed E-state index contributed by atoms with van der Waals surface area (Å²) in [6.45, 7) is 2.70. The van der Waals surface area contributed by atoms with Gasteiger partial charge >= 0.3 is 0 Å². The normalized spacial score (nSPS) is 16.9. The summed E-state index contributed by atoms with van der Waals surface area (Å²) in [5.74, 6) is 0.301. The molecule has 2 amide bonds. The SMILES string of the molecule is COc1ccccc1CN(CC(=O)N1CCCC(C(N)=O)C1)Cc1cccs1. The fourth-order valence-corrected chi connectivity index (χ4v) is 4.34. The summed E-state index contributed by atoms with van der Waals surface area (Å²) in [5.41, 5.74) is 6.50. The summed E-state index contributed by atoms with van der Waals surface area (Å²) in [6.07, 6.45) is 1.58. The van der Waals surface area contributed by atoms with Crippen molar-refractivity contribution in [2.75, 3.05) is 26.7 Å². The molecular weight excluding hydrogens is 374 g/mol. The molecule has 1 saturated heterocycles. The van der Waals surface area contributed by atoms with Gasteiger partial charge < -0.3 is 15.4 Å². The lowest BCUT2D eigenvalue weighted by Gasteiger charge is -2.33. The minimum Gasteiger partial charge on any atom is -0.496 e. The van der Waals surface area contributed by atoms with Gasteiger partial charge in [0.25, 0.3) is 0 Å². The number of hydrogen-bond donors (Lipinski definition) is 1. The third kappa shape index (κ3) is 5.33. The molecule has 0 radical (unpaired) electrons. The van der Waals surface area contributed by atoms with Crippen molar-refractivity contribution < 1.29 is 14.3 Å². The van der Waals surface area contributed by atoms with Crippen LogP contribution in [0.4, 0.5) is 0 Å². The highest BCUT2D eigenvalue weighted by molar-refractivity contribution is 7.09. The lowest BCUT2D eigenvalue weighted by molar-refractivity contribution is -0.136. The van der Waals surface area contributed by atoms with E-state index in [1.165, 1.54) is 4.88 Å². The smallest absolute Gasteiger partial charge is 0.236 e. The summed E-state index contributed by atoms with van der Waals surface area (Å²) in [6, 6.07) is 12.0. The molecule has 1 unspecified atom stereocenters. The number of carbonyl (C=O) groups excluding carboxylic acids is 2. The highest BCUT2D eigenvalue weighted by atomic mass is 32.1. The lowest BCUT2D eigenvalue weighted by Crippen LogP contribution is -2.47. The Morgan fingerprint density at radius 2 is 2.07 bits per heavy atom. The molecule has 1 aliphatic rings. The number of hydrogen-bond acceptors (Lipinski definition) is 5. The molecular formula is C21H27N3O3S. The van der Waals surface area contributed by atoms with Crippen LogP contribution in [0.25, 0.3) is 0 Å². The quantitative estimate of drug-likeness (QED) is 0.737. The second-order valence-electron chi connectivity index (χ2n) is 7.12. The Morgan fingerprint density at radius 1 is 1.25 bits per heavy atom. The van der Waals surface area contributed by atoms with Crippen LogP contribution in [0, 0.1) is 5.92 Å². The van der Waals surface area contributed by atoms with Gasteiger partial charge in [-0.2, -0.15) is 0 Å². The van der Waals surface area contributed by atoms with E-state index in [9.17, 15) is 9.59 Å². The number of benzene rings is 1. The van der Waals surface area contributed by atoms with Crippen molar-refractivity contribution in [3.63, 3.8) is 0 Å². The van der Waals surface area contributed by atoms with Crippen molar-refractivity contribution in [3.8, 4) is 5.75 Å². The maximum absolute atomic E-state index is 13.0. The van der Waals surface area contributed by atoms with Crippen molar-refractivity contribution in [2.24, 2.45) is 11.7 Å². The number of rotatable bonds is 8. The molecule has 1 aromatic heterocycles. The van der Waals surface area contributed by atoms with E-state index in [-0.39, 0.29) is 17.7 Å². The van der Waals surface area contributed by atoms with Gasteiger partial charge in [-0.3, -0.25) is 14.5 Å². The third-order valence-electron chi connectivity index (χ3n) is 5.08. The maximum Gasteiger partial charge on any atom is 0.236 e. The van der Waals surface area contributed by atoms with Crippen molar-refractivity contribution in [2.45, 2.75) is 25.9 Å². The highest BCUT2D eigenvalue weighted by Crippen LogP contribution is 2.22. The van der Waals surface area contributed by atoms with Gasteiger partial charge in [0.15, 0.2) is 0 Å². The minimum absolute atomic E-state index is 0.0393. The topological polar surface area (TPSA) is 75.9 Å². The number of primary amides is 1. The number of amides is 2. The molecule has 2 N–H and O–H groups in total. The first kappa shape index (κ1) is 20.4. The molecule has 0 bridgehead atoms. The van der Waals surface area contributed by atoms with Crippen molar-refractivity contribution in [1.29, 1.82) is 0 Å². The number of nitrogens with two attached hydrogens (primary N) is 1. The highest BCUT2D eigenvalue weighted by Gasteiger charge is 2.28. The summed E-state index contributed by atoms with van der Waals surface area (Å²) in [4.78, 5) is 29.6.